The van der Waals surface area contributed by atoms with Crippen LogP contribution in [0.1, 0.15) is 24.9 Å². The molecule has 0 aromatic heterocycles. The van der Waals surface area contributed by atoms with Gasteiger partial charge in [-0.3, -0.25) is 0 Å². The van der Waals surface area contributed by atoms with Crippen LogP contribution in [0.25, 0.3) is 0 Å². The van der Waals surface area contributed by atoms with Crippen LogP contribution in [0, 0.1) is 5.82 Å². The first-order chi connectivity index (χ1) is 6.18. The summed E-state index contributed by atoms with van der Waals surface area (Å²) in [6.07, 6.45) is 0.932. The fourth-order valence-electron chi connectivity index (χ4n) is 1.68. The van der Waals surface area contributed by atoms with Crippen LogP contribution in [0.3, 0.4) is 0 Å². The monoisotopic (exact) mass is 197 g/mol. The lowest BCUT2D eigenvalue weighted by Crippen LogP contribution is -2.20. The topological polar surface area (TPSA) is 26.0 Å². The van der Waals surface area contributed by atoms with Gasteiger partial charge < -0.3 is 5.73 Å². The molecule has 0 radical (unpaired) electrons. The Balaban J connectivity index is 2.49. The minimum atomic E-state index is -0.135. The number of rotatable bonds is 0. The van der Waals surface area contributed by atoms with Crippen molar-refractivity contribution in [1.29, 1.82) is 0 Å². The molecular weight excluding hydrogens is 185 g/mol. The molecule has 1 nitrogen and oxygen atoms in total. The van der Waals surface area contributed by atoms with E-state index in [1.165, 1.54) is 6.07 Å². The van der Waals surface area contributed by atoms with E-state index in [1.54, 1.807) is 17.8 Å². The zero-order valence-electron chi connectivity index (χ0n) is 7.46. The minimum absolute atomic E-state index is 0.00181. The molecule has 1 heterocycles. The maximum Gasteiger partial charge on any atom is 0.137 e. The van der Waals surface area contributed by atoms with Crippen molar-refractivity contribution in [3.05, 3.63) is 29.6 Å². The van der Waals surface area contributed by atoms with E-state index in [4.69, 9.17) is 5.73 Å². The smallest absolute Gasteiger partial charge is 0.137 e. The van der Waals surface area contributed by atoms with Gasteiger partial charge >= 0.3 is 0 Å². The summed E-state index contributed by atoms with van der Waals surface area (Å²) >= 11 is 1.59. The summed E-state index contributed by atoms with van der Waals surface area (Å²) in [4.78, 5) is 0.744. The fraction of sp³-hybridized carbons (Fsp3) is 0.400. The zero-order valence-corrected chi connectivity index (χ0v) is 8.27. The molecule has 0 saturated heterocycles. The predicted octanol–water partition coefficient (Wildman–Crippen LogP) is 2.71. The molecule has 1 aliphatic rings. The molecule has 2 atom stereocenters. The van der Waals surface area contributed by atoms with E-state index in [0.717, 1.165) is 16.9 Å². The number of thioether (sulfide) groups is 1. The maximum absolute atomic E-state index is 13.3. The van der Waals surface area contributed by atoms with Crippen LogP contribution in [-0.4, -0.2) is 5.25 Å². The quantitative estimate of drug-likeness (QED) is 0.692. The molecule has 3 heteroatoms. The fourth-order valence-corrected chi connectivity index (χ4v) is 2.92. The molecule has 1 aliphatic heterocycles. The van der Waals surface area contributed by atoms with Crippen LogP contribution in [0.4, 0.5) is 4.39 Å². The third-order valence-electron chi connectivity index (χ3n) is 2.30. The van der Waals surface area contributed by atoms with Gasteiger partial charge in [0.25, 0.3) is 0 Å². The number of hydrogen-bond donors (Lipinski definition) is 1. The van der Waals surface area contributed by atoms with E-state index in [1.807, 2.05) is 6.07 Å². The molecule has 0 spiro atoms. The van der Waals surface area contributed by atoms with Gasteiger partial charge in [0.15, 0.2) is 0 Å². The molecule has 1 aromatic rings. The summed E-state index contributed by atoms with van der Waals surface area (Å²) < 4.78 is 13.3. The molecule has 0 aliphatic carbocycles. The van der Waals surface area contributed by atoms with Crippen molar-refractivity contribution in [2.45, 2.75) is 29.5 Å². The van der Waals surface area contributed by atoms with Crippen molar-refractivity contribution >= 4 is 11.8 Å². The molecule has 2 rings (SSSR count). The van der Waals surface area contributed by atoms with Gasteiger partial charge in [0, 0.05) is 16.2 Å². The highest BCUT2D eigenvalue weighted by Crippen LogP contribution is 2.40. The Morgan fingerprint density at radius 2 is 2.31 bits per heavy atom. The number of benzene rings is 1. The van der Waals surface area contributed by atoms with Crippen LogP contribution >= 0.6 is 11.8 Å². The van der Waals surface area contributed by atoms with Crippen LogP contribution < -0.4 is 5.73 Å². The average molecular weight is 197 g/mol. The molecule has 70 valence electrons. The van der Waals surface area contributed by atoms with Gasteiger partial charge in [0.2, 0.25) is 0 Å². The molecular formula is C10H12FNS. The minimum Gasteiger partial charge on any atom is -0.324 e. The molecule has 2 unspecified atom stereocenters. The van der Waals surface area contributed by atoms with Gasteiger partial charge in [-0.2, -0.15) is 0 Å². The van der Waals surface area contributed by atoms with Gasteiger partial charge in [-0.05, 0) is 18.1 Å². The number of halogens is 1. The summed E-state index contributed by atoms with van der Waals surface area (Å²) in [5.74, 6) is -0.135. The van der Waals surface area contributed by atoms with Crippen LogP contribution in [0.2, 0.25) is 0 Å². The third-order valence-corrected chi connectivity index (χ3v) is 3.56. The van der Waals surface area contributed by atoms with E-state index < -0.39 is 0 Å². The van der Waals surface area contributed by atoms with E-state index in [9.17, 15) is 4.39 Å². The van der Waals surface area contributed by atoms with E-state index >= 15 is 0 Å². The largest absolute Gasteiger partial charge is 0.324 e. The third kappa shape index (κ3) is 1.58. The molecule has 0 amide bonds. The summed E-state index contributed by atoms with van der Waals surface area (Å²) in [6.45, 7) is 2.08. The Kier molecular flexibility index (Phi) is 2.30. The molecule has 13 heavy (non-hydrogen) atoms. The highest BCUT2D eigenvalue weighted by Gasteiger charge is 2.24. The summed E-state index contributed by atoms with van der Waals surface area (Å²) in [5, 5.41) is 0.416. The second kappa shape index (κ2) is 3.31. The van der Waals surface area contributed by atoms with Crippen molar-refractivity contribution in [3.63, 3.8) is 0 Å². The second-order valence-corrected chi connectivity index (χ2v) is 4.88. The Labute approximate surface area is 81.5 Å². The summed E-state index contributed by atoms with van der Waals surface area (Å²) in [6, 6.07) is 5.14. The van der Waals surface area contributed by atoms with Gasteiger partial charge in [0.1, 0.15) is 5.82 Å². The van der Waals surface area contributed by atoms with Gasteiger partial charge in [-0.25, -0.2) is 4.39 Å². The van der Waals surface area contributed by atoms with Gasteiger partial charge in [0.05, 0.1) is 0 Å². The molecule has 0 bridgehead atoms. The maximum atomic E-state index is 13.3. The van der Waals surface area contributed by atoms with Crippen LogP contribution in [0.15, 0.2) is 23.1 Å². The average Bonchev–Trinajstić information content (AvgIpc) is 2.07. The Morgan fingerprint density at radius 3 is 3.08 bits per heavy atom. The molecule has 0 saturated carbocycles. The highest BCUT2D eigenvalue weighted by molar-refractivity contribution is 8.00. The normalized spacial score (nSPS) is 27.0. The molecule has 0 fully saturated rings. The highest BCUT2D eigenvalue weighted by atomic mass is 32.2. The predicted molar refractivity (Wildman–Crippen MR) is 53.3 cm³/mol. The number of nitrogens with two attached hydrogens (primary N) is 1. The van der Waals surface area contributed by atoms with E-state index in [0.29, 0.717) is 5.25 Å². The zero-order chi connectivity index (χ0) is 9.42. The van der Waals surface area contributed by atoms with Crippen molar-refractivity contribution in [1.82, 2.24) is 0 Å². The van der Waals surface area contributed by atoms with E-state index in [2.05, 4.69) is 6.92 Å². The Hall–Kier alpha value is -0.540. The lowest BCUT2D eigenvalue weighted by Gasteiger charge is -2.26. The van der Waals surface area contributed by atoms with Crippen LogP contribution in [0.5, 0.6) is 0 Å². The summed E-state index contributed by atoms with van der Waals surface area (Å²) in [7, 11) is 0. The molecule has 1 aromatic carbocycles. The van der Waals surface area contributed by atoms with Gasteiger partial charge in [-0.1, -0.05) is 19.1 Å². The summed E-state index contributed by atoms with van der Waals surface area (Å²) in [5.41, 5.74) is 6.89. The molecule has 2 N–H and O–H groups in total. The lowest BCUT2D eigenvalue weighted by atomic mass is 10.0. The second-order valence-electron chi connectivity index (χ2n) is 3.43. The van der Waals surface area contributed by atoms with Crippen molar-refractivity contribution in [3.8, 4) is 0 Å². The van der Waals surface area contributed by atoms with E-state index in [-0.39, 0.29) is 11.9 Å². The van der Waals surface area contributed by atoms with Crippen molar-refractivity contribution in [2.75, 3.05) is 0 Å². The van der Waals surface area contributed by atoms with Crippen LogP contribution in [-0.2, 0) is 0 Å². The Morgan fingerprint density at radius 1 is 1.54 bits per heavy atom. The standard InChI is InChI=1S/C10H12FNS/c1-6-5-9(12)7-3-2-4-8(11)10(7)13-6/h2-4,6,9H,5,12H2,1H3. The first-order valence-corrected chi connectivity index (χ1v) is 5.27. The number of fused-ring (bicyclic) bond motifs is 1. The first-order valence-electron chi connectivity index (χ1n) is 4.39. The SMILES string of the molecule is CC1CC(N)c2cccc(F)c2S1. The number of hydrogen-bond acceptors (Lipinski definition) is 2. The first kappa shape index (κ1) is 9.03. The van der Waals surface area contributed by atoms with Crippen molar-refractivity contribution < 1.29 is 4.39 Å². The Bertz CT molecular complexity index is 327. The lowest BCUT2D eigenvalue weighted by molar-refractivity contribution is 0.564. The van der Waals surface area contributed by atoms with Gasteiger partial charge in [-0.15, -0.1) is 11.8 Å². The van der Waals surface area contributed by atoms with Crippen molar-refractivity contribution in [2.24, 2.45) is 5.73 Å².